The van der Waals surface area contributed by atoms with Gasteiger partial charge in [-0.2, -0.15) is 0 Å². The molecule has 5 heteroatoms. The lowest BCUT2D eigenvalue weighted by atomic mass is 9.75. The fraction of sp³-hybridized carbons (Fsp3) is 0.611. The number of benzene rings is 1. The van der Waals surface area contributed by atoms with Crippen molar-refractivity contribution in [2.45, 2.75) is 45.4 Å². The molecule has 23 heavy (non-hydrogen) atoms. The maximum Gasteiger partial charge on any atom is 0.227 e. The van der Waals surface area contributed by atoms with E-state index in [1.54, 1.807) is 0 Å². The number of nitrogens with zero attached hydrogens (tertiary/aromatic N) is 1. The predicted molar refractivity (Wildman–Crippen MR) is 98.9 cm³/mol. The molecule has 0 aliphatic carbocycles. The van der Waals surface area contributed by atoms with Gasteiger partial charge in [-0.15, -0.1) is 12.4 Å². The topological polar surface area (TPSA) is 32.3 Å². The van der Waals surface area contributed by atoms with E-state index in [-0.39, 0.29) is 29.1 Å². The Hall–Kier alpha value is -0.770. The number of halogens is 2. The molecule has 1 aromatic rings. The molecule has 0 bridgehead atoms. The molecule has 0 radical (unpaired) electrons. The smallest absolute Gasteiger partial charge is 0.227 e. The molecule has 1 saturated heterocycles. The minimum atomic E-state index is 0. The molecule has 0 unspecified atom stereocenters. The van der Waals surface area contributed by atoms with Crippen LogP contribution in [0.4, 0.5) is 5.69 Å². The molecule has 0 aromatic heterocycles. The van der Waals surface area contributed by atoms with Gasteiger partial charge in [0.05, 0.1) is 0 Å². The molecule has 0 atom stereocenters. The second-order valence-electron chi connectivity index (χ2n) is 7.91. The number of nitrogens with one attached hydrogen (secondary N) is 1. The largest absolute Gasteiger partial charge is 0.317 e. The summed E-state index contributed by atoms with van der Waals surface area (Å²) in [4.78, 5) is 14.8. The van der Waals surface area contributed by atoms with Crippen LogP contribution in [0.15, 0.2) is 18.2 Å². The van der Waals surface area contributed by atoms with Crippen LogP contribution in [0.2, 0.25) is 5.02 Å². The molecule has 1 N–H and O–H groups in total. The van der Waals surface area contributed by atoms with E-state index in [2.05, 4.69) is 32.2 Å². The summed E-state index contributed by atoms with van der Waals surface area (Å²) in [7, 11) is 0. The molecule has 3 nitrogen and oxygen atoms in total. The highest BCUT2D eigenvalue weighted by atomic mass is 35.5. The Labute approximate surface area is 150 Å². The Morgan fingerprint density at radius 3 is 2.57 bits per heavy atom. The molecule has 3 rings (SSSR count). The van der Waals surface area contributed by atoms with Gasteiger partial charge in [0.1, 0.15) is 0 Å². The Bertz CT molecular complexity index is 589. The van der Waals surface area contributed by atoms with Crippen molar-refractivity contribution in [2.24, 2.45) is 5.41 Å². The van der Waals surface area contributed by atoms with Gasteiger partial charge in [0, 0.05) is 29.1 Å². The van der Waals surface area contributed by atoms with Crippen LogP contribution in [-0.4, -0.2) is 25.5 Å². The quantitative estimate of drug-likeness (QED) is 0.818. The first-order valence-corrected chi connectivity index (χ1v) is 8.50. The number of hydrogen-bond acceptors (Lipinski definition) is 2. The van der Waals surface area contributed by atoms with E-state index in [0.717, 1.165) is 43.2 Å². The van der Waals surface area contributed by atoms with Crippen LogP contribution in [0.1, 0.15) is 45.6 Å². The Morgan fingerprint density at radius 1 is 1.30 bits per heavy atom. The summed E-state index contributed by atoms with van der Waals surface area (Å²) in [5.41, 5.74) is 2.43. The molecule has 2 heterocycles. The molecule has 1 amide bonds. The van der Waals surface area contributed by atoms with Crippen LogP contribution in [0.5, 0.6) is 0 Å². The second-order valence-corrected chi connectivity index (χ2v) is 8.35. The average Bonchev–Trinajstić information content (AvgIpc) is 2.72. The van der Waals surface area contributed by atoms with Crippen molar-refractivity contribution >= 4 is 35.6 Å². The maximum atomic E-state index is 12.8. The van der Waals surface area contributed by atoms with E-state index in [1.807, 2.05) is 17.0 Å². The van der Waals surface area contributed by atoms with Gasteiger partial charge in [-0.3, -0.25) is 4.79 Å². The predicted octanol–water partition coefficient (Wildman–Crippen LogP) is 4.17. The van der Waals surface area contributed by atoms with Crippen LogP contribution in [0.25, 0.3) is 0 Å². The molecule has 2 aliphatic heterocycles. The van der Waals surface area contributed by atoms with Crippen molar-refractivity contribution in [3.63, 3.8) is 0 Å². The lowest BCUT2D eigenvalue weighted by Gasteiger charge is -2.35. The first kappa shape index (κ1) is 18.6. The van der Waals surface area contributed by atoms with Crippen LogP contribution in [0.3, 0.4) is 0 Å². The van der Waals surface area contributed by atoms with E-state index < -0.39 is 0 Å². The van der Waals surface area contributed by atoms with Gasteiger partial charge in [-0.25, -0.2) is 0 Å². The van der Waals surface area contributed by atoms with E-state index in [0.29, 0.717) is 6.42 Å². The van der Waals surface area contributed by atoms with Gasteiger partial charge in [-0.05, 0) is 55.1 Å². The van der Waals surface area contributed by atoms with Gasteiger partial charge in [-0.1, -0.05) is 32.4 Å². The van der Waals surface area contributed by atoms with Crippen LogP contribution in [0, 0.1) is 5.41 Å². The van der Waals surface area contributed by atoms with Crippen molar-refractivity contribution in [1.29, 1.82) is 0 Å². The van der Waals surface area contributed by atoms with Crippen molar-refractivity contribution in [3.8, 4) is 0 Å². The van der Waals surface area contributed by atoms with Crippen molar-refractivity contribution in [2.75, 3.05) is 24.5 Å². The summed E-state index contributed by atoms with van der Waals surface area (Å²) in [5.74, 6) is 0.228. The SMILES string of the molecule is CC(C)(C)CC(=O)N1CC2(CCNCC2)c2cc(Cl)ccc21.Cl. The highest BCUT2D eigenvalue weighted by Crippen LogP contribution is 2.47. The fourth-order valence-electron chi connectivity index (χ4n) is 3.75. The Balaban J connectivity index is 0.00000192. The summed E-state index contributed by atoms with van der Waals surface area (Å²) in [6.07, 6.45) is 2.71. The van der Waals surface area contributed by atoms with Gasteiger partial charge in [0.25, 0.3) is 0 Å². The van der Waals surface area contributed by atoms with Crippen molar-refractivity contribution in [3.05, 3.63) is 28.8 Å². The van der Waals surface area contributed by atoms with Gasteiger partial charge in [0.2, 0.25) is 5.91 Å². The van der Waals surface area contributed by atoms with E-state index >= 15 is 0 Å². The third-order valence-corrected chi connectivity index (χ3v) is 5.06. The minimum absolute atomic E-state index is 0. The molecule has 1 fully saturated rings. The third-order valence-electron chi connectivity index (χ3n) is 4.82. The number of hydrogen-bond donors (Lipinski definition) is 1. The van der Waals surface area contributed by atoms with Gasteiger partial charge in [0.15, 0.2) is 0 Å². The minimum Gasteiger partial charge on any atom is -0.317 e. The second kappa shape index (κ2) is 6.62. The van der Waals surface area contributed by atoms with Crippen molar-refractivity contribution in [1.82, 2.24) is 5.32 Å². The molecular formula is C18H26Cl2N2O. The van der Waals surface area contributed by atoms with Crippen molar-refractivity contribution < 1.29 is 4.79 Å². The molecular weight excluding hydrogens is 331 g/mol. The average molecular weight is 357 g/mol. The lowest BCUT2D eigenvalue weighted by molar-refractivity contribution is -0.120. The first-order chi connectivity index (χ1) is 10.3. The zero-order valence-corrected chi connectivity index (χ0v) is 15.7. The number of anilines is 1. The molecule has 2 aliphatic rings. The number of carbonyl (C=O) groups is 1. The Kier molecular flexibility index (Phi) is 5.34. The maximum absolute atomic E-state index is 12.8. The van der Waals surface area contributed by atoms with E-state index in [9.17, 15) is 4.79 Å². The number of piperidine rings is 1. The van der Waals surface area contributed by atoms with Crippen LogP contribution >= 0.6 is 24.0 Å². The Morgan fingerprint density at radius 2 is 1.96 bits per heavy atom. The normalized spacial score (nSPS) is 19.4. The van der Waals surface area contributed by atoms with Gasteiger partial charge < -0.3 is 10.2 Å². The van der Waals surface area contributed by atoms with Crippen LogP contribution in [-0.2, 0) is 10.2 Å². The third kappa shape index (κ3) is 3.67. The molecule has 128 valence electrons. The number of carbonyl (C=O) groups excluding carboxylic acids is 1. The highest BCUT2D eigenvalue weighted by molar-refractivity contribution is 6.30. The fourth-order valence-corrected chi connectivity index (χ4v) is 3.92. The summed E-state index contributed by atoms with van der Waals surface area (Å²) in [5, 5.41) is 4.19. The van der Waals surface area contributed by atoms with Gasteiger partial charge >= 0.3 is 0 Å². The number of rotatable bonds is 1. The lowest BCUT2D eigenvalue weighted by Crippen LogP contribution is -2.44. The number of amides is 1. The monoisotopic (exact) mass is 356 g/mol. The summed E-state index contributed by atoms with van der Waals surface area (Å²) >= 11 is 6.24. The molecule has 0 saturated carbocycles. The zero-order valence-electron chi connectivity index (χ0n) is 14.1. The standard InChI is InChI=1S/C18H25ClN2O.ClH/c1-17(2,3)11-16(22)21-12-18(6-8-20-9-7-18)14-10-13(19)4-5-15(14)21;/h4-5,10,20H,6-9,11-12H2,1-3H3;1H. The van der Waals surface area contributed by atoms with E-state index in [4.69, 9.17) is 11.6 Å². The summed E-state index contributed by atoms with van der Waals surface area (Å²) in [6, 6.07) is 6.00. The summed E-state index contributed by atoms with van der Waals surface area (Å²) < 4.78 is 0. The molecule has 1 aromatic carbocycles. The summed E-state index contributed by atoms with van der Waals surface area (Å²) in [6.45, 7) is 9.16. The van der Waals surface area contributed by atoms with Crippen LogP contribution < -0.4 is 10.2 Å². The zero-order chi connectivity index (χ0) is 16.0. The highest BCUT2D eigenvalue weighted by Gasteiger charge is 2.45. The first-order valence-electron chi connectivity index (χ1n) is 8.12. The van der Waals surface area contributed by atoms with E-state index in [1.165, 1.54) is 5.56 Å². The molecule has 1 spiro atoms. The number of fused-ring (bicyclic) bond motifs is 2.